The van der Waals surface area contributed by atoms with E-state index < -0.39 is 0 Å². The molecule has 0 radical (unpaired) electrons. The van der Waals surface area contributed by atoms with E-state index in [1.165, 1.54) is 5.56 Å². The van der Waals surface area contributed by atoms with E-state index in [2.05, 4.69) is 0 Å². The monoisotopic (exact) mass is 244 g/mol. The number of nitrogens with zero attached hydrogens (tertiary/aromatic N) is 1. The van der Waals surface area contributed by atoms with Crippen LogP contribution in [0.2, 0.25) is 0 Å². The molecule has 2 rings (SSSR count). The Morgan fingerprint density at radius 3 is 2.44 bits per heavy atom. The molecule has 0 bridgehead atoms. The van der Waals surface area contributed by atoms with Gasteiger partial charge in [0.15, 0.2) is 5.82 Å². The molecule has 0 amide bonds. The van der Waals surface area contributed by atoms with Crippen molar-refractivity contribution in [3.05, 3.63) is 59.4 Å². The van der Waals surface area contributed by atoms with Gasteiger partial charge >= 0.3 is 0 Å². The van der Waals surface area contributed by atoms with Gasteiger partial charge in [0.1, 0.15) is 0 Å². The van der Waals surface area contributed by atoms with Crippen molar-refractivity contribution in [3.63, 3.8) is 0 Å². The van der Waals surface area contributed by atoms with Gasteiger partial charge in [-0.25, -0.2) is 4.39 Å². The van der Waals surface area contributed by atoms with E-state index in [0.29, 0.717) is 12.1 Å². The molecule has 2 aromatic carbocycles. The summed E-state index contributed by atoms with van der Waals surface area (Å²) in [6.45, 7) is 2.54. The molecule has 0 aliphatic heterocycles. The van der Waals surface area contributed by atoms with Crippen molar-refractivity contribution in [1.29, 1.82) is 0 Å². The van der Waals surface area contributed by atoms with Crippen LogP contribution in [0.5, 0.6) is 0 Å². The van der Waals surface area contributed by atoms with Crippen molar-refractivity contribution < 1.29 is 4.39 Å². The average molecular weight is 244 g/mol. The van der Waals surface area contributed by atoms with Crippen LogP contribution in [0, 0.1) is 12.7 Å². The minimum absolute atomic E-state index is 0.199. The molecule has 3 heteroatoms. The number of hydrogen-bond acceptors (Lipinski definition) is 2. The van der Waals surface area contributed by atoms with Crippen molar-refractivity contribution in [2.45, 2.75) is 13.5 Å². The predicted octanol–water partition coefficient (Wildman–Crippen LogP) is 3.35. The first-order chi connectivity index (χ1) is 8.58. The van der Waals surface area contributed by atoms with Crippen LogP contribution in [-0.2, 0) is 6.54 Å². The normalized spacial score (nSPS) is 10.4. The smallest absolute Gasteiger partial charge is 0.151 e. The van der Waals surface area contributed by atoms with Gasteiger partial charge in [0.25, 0.3) is 0 Å². The third-order valence-corrected chi connectivity index (χ3v) is 2.99. The van der Waals surface area contributed by atoms with Gasteiger partial charge in [-0.15, -0.1) is 0 Å². The first kappa shape index (κ1) is 12.4. The molecule has 94 valence electrons. The number of nitrogens with two attached hydrogens (primary N) is 1. The van der Waals surface area contributed by atoms with Gasteiger partial charge in [-0.2, -0.15) is 0 Å². The van der Waals surface area contributed by atoms with Crippen LogP contribution in [0.3, 0.4) is 0 Å². The summed E-state index contributed by atoms with van der Waals surface area (Å²) < 4.78 is 13.8. The SMILES string of the molecule is Cc1ccc(N(C)Cc2cccc(N)c2F)cc1. The highest BCUT2D eigenvalue weighted by atomic mass is 19.1. The summed E-state index contributed by atoms with van der Waals surface area (Å²) >= 11 is 0. The van der Waals surface area contributed by atoms with Crippen LogP contribution in [0.1, 0.15) is 11.1 Å². The first-order valence-corrected chi connectivity index (χ1v) is 5.88. The maximum atomic E-state index is 13.8. The standard InChI is InChI=1S/C15H17FN2/c1-11-6-8-13(9-7-11)18(2)10-12-4-3-5-14(17)15(12)16/h3-9H,10,17H2,1-2H3. The van der Waals surface area contributed by atoms with E-state index in [1.54, 1.807) is 18.2 Å². The zero-order valence-electron chi connectivity index (χ0n) is 10.7. The van der Waals surface area contributed by atoms with E-state index in [1.807, 2.05) is 43.1 Å². The molecular formula is C15H17FN2. The first-order valence-electron chi connectivity index (χ1n) is 5.88. The highest BCUT2D eigenvalue weighted by molar-refractivity contribution is 5.49. The lowest BCUT2D eigenvalue weighted by atomic mass is 10.1. The maximum Gasteiger partial charge on any atom is 0.151 e. The highest BCUT2D eigenvalue weighted by Gasteiger charge is 2.08. The van der Waals surface area contributed by atoms with Crippen LogP contribution >= 0.6 is 0 Å². The highest BCUT2D eigenvalue weighted by Crippen LogP contribution is 2.20. The van der Waals surface area contributed by atoms with E-state index in [-0.39, 0.29) is 11.5 Å². The minimum atomic E-state index is -0.323. The molecule has 0 aromatic heterocycles. The molecule has 0 saturated carbocycles. The Kier molecular flexibility index (Phi) is 3.51. The van der Waals surface area contributed by atoms with E-state index >= 15 is 0 Å². The number of benzene rings is 2. The van der Waals surface area contributed by atoms with Gasteiger partial charge in [0.2, 0.25) is 0 Å². The molecule has 0 aliphatic carbocycles. The van der Waals surface area contributed by atoms with Crippen LogP contribution in [0.15, 0.2) is 42.5 Å². The molecule has 0 spiro atoms. The summed E-state index contributed by atoms with van der Waals surface area (Å²) in [5.74, 6) is -0.323. The Balaban J connectivity index is 2.18. The average Bonchev–Trinajstić information content (AvgIpc) is 2.36. The van der Waals surface area contributed by atoms with Gasteiger partial charge in [0, 0.05) is 24.8 Å². The zero-order chi connectivity index (χ0) is 13.1. The molecular weight excluding hydrogens is 227 g/mol. The van der Waals surface area contributed by atoms with Gasteiger partial charge in [-0.1, -0.05) is 29.8 Å². The Morgan fingerprint density at radius 2 is 1.78 bits per heavy atom. The Hall–Kier alpha value is -2.03. The van der Waals surface area contributed by atoms with Crippen LogP contribution < -0.4 is 10.6 Å². The lowest BCUT2D eigenvalue weighted by molar-refractivity contribution is 0.612. The van der Waals surface area contributed by atoms with Crippen LogP contribution in [0.25, 0.3) is 0 Å². The lowest BCUT2D eigenvalue weighted by Gasteiger charge is -2.20. The maximum absolute atomic E-state index is 13.8. The minimum Gasteiger partial charge on any atom is -0.396 e. The summed E-state index contributed by atoms with van der Waals surface area (Å²) in [6, 6.07) is 13.2. The second-order valence-electron chi connectivity index (χ2n) is 4.51. The Morgan fingerprint density at radius 1 is 1.11 bits per heavy atom. The third-order valence-electron chi connectivity index (χ3n) is 2.99. The third kappa shape index (κ3) is 2.62. The van der Waals surface area contributed by atoms with Crippen LogP contribution in [-0.4, -0.2) is 7.05 Å². The van der Waals surface area contributed by atoms with E-state index in [9.17, 15) is 4.39 Å². The van der Waals surface area contributed by atoms with Gasteiger partial charge < -0.3 is 10.6 Å². The fraction of sp³-hybridized carbons (Fsp3) is 0.200. The number of nitrogen functional groups attached to an aromatic ring is 1. The molecule has 0 atom stereocenters. The second kappa shape index (κ2) is 5.08. The number of rotatable bonds is 3. The molecule has 0 unspecified atom stereocenters. The van der Waals surface area contributed by atoms with Gasteiger partial charge in [-0.05, 0) is 25.1 Å². The second-order valence-corrected chi connectivity index (χ2v) is 4.51. The number of aryl methyl sites for hydroxylation is 1. The quantitative estimate of drug-likeness (QED) is 0.839. The predicted molar refractivity (Wildman–Crippen MR) is 74.1 cm³/mol. The van der Waals surface area contributed by atoms with E-state index in [0.717, 1.165) is 5.69 Å². The lowest BCUT2D eigenvalue weighted by Crippen LogP contribution is -2.17. The Bertz CT molecular complexity index is 535. The van der Waals surface area contributed by atoms with Gasteiger partial charge in [-0.3, -0.25) is 0 Å². The molecule has 0 fully saturated rings. The zero-order valence-corrected chi connectivity index (χ0v) is 10.7. The van der Waals surface area contributed by atoms with Crippen molar-refractivity contribution in [1.82, 2.24) is 0 Å². The number of hydrogen-bond donors (Lipinski definition) is 1. The molecule has 18 heavy (non-hydrogen) atoms. The summed E-state index contributed by atoms with van der Waals surface area (Å²) in [5.41, 5.74) is 8.64. The topological polar surface area (TPSA) is 29.3 Å². The summed E-state index contributed by atoms with van der Waals surface area (Å²) in [6.07, 6.45) is 0. The molecule has 0 saturated heterocycles. The fourth-order valence-electron chi connectivity index (χ4n) is 1.87. The van der Waals surface area contributed by atoms with Crippen molar-refractivity contribution >= 4 is 11.4 Å². The molecule has 2 aromatic rings. The Labute approximate surface area is 107 Å². The molecule has 2 nitrogen and oxygen atoms in total. The summed E-state index contributed by atoms with van der Waals surface area (Å²) in [4.78, 5) is 2.00. The van der Waals surface area contributed by atoms with E-state index in [4.69, 9.17) is 5.73 Å². The number of anilines is 2. The number of halogens is 1. The van der Waals surface area contributed by atoms with Crippen molar-refractivity contribution in [2.75, 3.05) is 17.7 Å². The van der Waals surface area contributed by atoms with Crippen LogP contribution in [0.4, 0.5) is 15.8 Å². The molecule has 2 N–H and O–H groups in total. The van der Waals surface area contributed by atoms with Crippen molar-refractivity contribution in [3.8, 4) is 0 Å². The van der Waals surface area contributed by atoms with Crippen molar-refractivity contribution in [2.24, 2.45) is 0 Å². The van der Waals surface area contributed by atoms with Gasteiger partial charge in [0.05, 0.1) is 5.69 Å². The summed E-state index contributed by atoms with van der Waals surface area (Å²) in [5, 5.41) is 0. The molecule has 0 aliphatic rings. The largest absolute Gasteiger partial charge is 0.396 e. The fourth-order valence-corrected chi connectivity index (χ4v) is 1.87. The summed E-state index contributed by atoms with van der Waals surface area (Å²) in [7, 11) is 1.94. The molecule has 0 heterocycles.